The van der Waals surface area contributed by atoms with Gasteiger partial charge in [0.25, 0.3) is 11.4 Å². The first kappa shape index (κ1) is 32.3. The van der Waals surface area contributed by atoms with E-state index in [1.54, 1.807) is 29.6 Å². The van der Waals surface area contributed by atoms with Gasteiger partial charge in [0.1, 0.15) is 0 Å². The molecule has 0 saturated heterocycles. The summed E-state index contributed by atoms with van der Waals surface area (Å²) in [5, 5.41) is 39.5. The molecule has 3 aromatic carbocycles. The van der Waals surface area contributed by atoms with Gasteiger partial charge < -0.3 is 16.0 Å². The minimum Gasteiger partial charge on any atom is -0.326 e. The lowest BCUT2D eigenvalue weighted by Crippen LogP contribution is -2.24. The van der Waals surface area contributed by atoms with Crippen LogP contribution >= 0.6 is 11.3 Å². The number of urea groups is 2. The van der Waals surface area contributed by atoms with Crippen LogP contribution in [-0.2, 0) is 4.79 Å². The molecular weight excluding hydrogens is 648 g/mol. The molecule has 0 aliphatic carbocycles. The molecule has 2 heterocycles. The number of amides is 5. The van der Waals surface area contributed by atoms with Gasteiger partial charge in [0.2, 0.25) is 23.8 Å². The Morgan fingerprint density at radius 2 is 1.17 bits per heavy atom. The van der Waals surface area contributed by atoms with E-state index in [0.717, 1.165) is 17.7 Å². The van der Waals surface area contributed by atoms with E-state index >= 15 is 0 Å². The number of anilines is 7. The Morgan fingerprint density at radius 1 is 0.646 bits per heavy atom. The fraction of sp³-hybridized carbons (Fsp3) is 0.0357. The number of nitro benzene ring substituents is 2. The number of nitrogens with one attached hydrogen (secondary N) is 6. The summed E-state index contributed by atoms with van der Waals surface area (Å²) < 4.78 is 0. The molecular formula is C28H22N12O7S. The average molecular weight is 671 g/mol. The van der Waals surface area contributed by atoms with Crippen molar-refractivity contribution in [1.82, 2.24) is 19.9 Å². The highest BCUT2D eigenvalue weighted by atomic mass is 32.1. The number of thiazole rings is 1. The van der Waals surface area contributed by atoms with E-state index in [-0.39, 0.29) is 46.5 Å². The van der Waals surface area contributed by atoms with Gasteiger partial charge in [0, 0.05) is 59.2 Å². The fourth-order valence-electron chi connectivity index (χ4n) is 3.95. The maximum Gasteiger partial charge on any atom is 0.326 e. The average Bonchev–Trinajstić information content (AvgIpc) is 3.49. The summed E-state index contributed by atoms with van der Waals surface area (Å²) in [7, 11) is 0. The number of benzene rings is 3. The molecule has 2 aromatic heterocycles. The second kappa shape index (κ2) is 14.3. The molecule has 0 saturated carbocycles. The van der Waals surface area contributed by atoms with Crippen molar-refractivity contribution in [2.45, 2.75) is 6.92 Å². The van der Waals surface area contributed by atoms with Crippen LogP contribution in [0.4, 0.5) is 61.0 Å². The predicted molar refractivity (Wildman–Crippen MR) is 176 cm³/mol. The van der Waals surface area contributed by atoms with Crippen LogP contribution in [0.15, 0.2) is 78.2 Å². The second-order valence-corrected chi connectivity index (χ2v) is 10.4. The highest BCUT2D eigenvalue weighted by molar-refractivity contribution is 7.14. The molecule has 0 aliphatic rings. The molecule has 19 nitrogen and oxygen atoms in total. The van der Waals surface area contributed by atoms with E-state index in [0.29, 0.717) is 16.5 Å². The van der Waals surface area contributed by atoms with Crippen molar-refractivity contribution >= 4 is 80.7 Å². The fourth-order valence-corrected chi connectivity index (χ4v) is 4.67. The molecule has 0 aliphatic heterocycles. The third-order valence-electron chi connectivity index (χ3n) is 5.94. The quantitative estimate of drug-likeness (QED) is 0.0760. The predicted octanol–water partition coefficient (Wildman–Crippen LogP) is 5.80. The first-order chi connectivity index (χ1) is 23.0. The van der Waals surface area contributed by atoms with Crippen molar-refractivity contribution in [2.75, 3.05) is 31.9 Å². The Labute approximate surface area is 273 Å². The van der Waals surface area contributed by atoms with Crippen LogP contribution in [-0.4, -0.2) is 47.8 Å². The summed E-state index contributed by atoms with van der Waals surface area (Å²) in [6, 6.07) is 15.7. The third kappa shape index (κ3) is 8.76. The highest BCUT2D eigenvalue weighted by Gasteiger charge is 2.16. The smallest absolute Gasteiger partial charge is 0.326 e. The van der Waals surface area contributed by atoms with E-state index in [1.165, 1.54) is 54.7 Å². The summed E-state index contributed by atoms with van der Waals surface area (Å²) in [5.74, 6) is -0.993. The van der Waals surface area contributed by atoms with Crippen molar-refractivity contribution in [1.29, 1.82) is 0 Å². The number of carbonyl (C=O) groups is 3. The summed E-state index contributed by atoms with van der Waals surface area (Å²) in [6.07, 6.45) is 0. The molecule has 5 aromatic rings. The van der Waals surface area contributed by atoms with Crippen molar-refractivity contribution in [2.24, 2.45) is 0 Å². The summed E-state index contributed by atoms with van der Waals surface area (Å²) >= 11 is 1.20. The Kier molecular flexibility index (Phi) is 9.65. The monoisotopic (exact) mass is 670 g/mol. The summed E-state index contributed by atoms with van der Waals surface area (Å²) in [4.78, 5) is 74.6. The van der Waals surface area contributed by atoms with Gasteiger partial charge in [-0.25, -0.2) is 14.6 Å². The number of aromatic nitrogens is 4. The molecule has 0 unspecified atom stereocenters. The van der Waals surface area contributed by atoms with Crippen LogP contribution in [0.5, 0.6) is 0 Å². The van der Waals surface area contributed by atoms with Gasteiger partial charge in [-0.2, -0.15) is 15.0 Å². The topological polar surface area (TPSA) is 261 Å². The molecule has 0 spiro atoms. The normalized spacial score (nSPS) is 10.4. The van der Waals surface area contributed by atoms with Gasteiger partial charge in [0.15, 0.2) is 5.13 Å². The van der Waals surface area contributed by atoms with Gasteiger partial charge in [-0.15, -0.1) is 11.3 Å². The van der Waals surface area contributed by atoms with Crippen LogP contribution in [0.1, 0.15) is 6.92 Å². The second-order valence-electron chi connectivity index (χ2n) is 9.50. The first-order valence-corrected chi connectivity index (χ1v) is 14.4. The minimum atomic E-state index is -0.862. The Bertz CT molecular complexity index is 1950. The third-order valence-corrected chi connectivity index (χ3v) is 6.70. The van der Waals surface area contributed by atoms with Crippen molar-refractivity contribution in [3.8, 4) is 11.3 Å². The SMILES string of the molecule is CC(=O)Nc1ccc(-c2csc(Nc3nc(NC(=O)Nc4cccc([N+](=O)[O-])c4)nc(NC(=O)Nc4cccc([N+](=O)[O-])c4)n3)n2)cc1. The van der Waals surface area contributed by atoms with E-state index < -0.39 is 21.9 Å². The highest BCUT2D eigenvalue weighted by Crippen LogP contribution is 2.28. The van der Waals surface area contributed by atoms with E-state index in [1.807, 2.05) is 0 Å². The standard InChI is InChI=1S/C28H22N12O7S/c1-15(41)29-17-10-8-16(9-11-17)22-14-48-28(32-22)38-25-34-23(36-26(42)30-18-4-2-6-20(12-18)39(44)45)33-24(35-25)37-27(43)31-19-5-3-7-21(13-19)40(46)47/h2-14H,1H3,(H,29,41)(H5,30,31,32,33,34,35,36,37,38,42,43). The Balaban J connectivity index is 1.36. The molecule has 5 rings (SSSR count). The number of carbonyl (C=O) groups excluding carboxylic acids is 3. The zero-order chi connectivity index (χ0) is 34.2. The Hall–Kier alpha value is -7.09. The zero-order valence-corrected chi connectivity index (χ0v) is 25.3. The largest absolute Gasteiger partial charge is 0.326 e. The van der Waals surface area contributed by atoms with E-state index in [2.05, 4.69) is 51.8 Å². The number of rotatable bonds is 10. The van der Waals surface area contributed by atoms with Gasteiger partial charge in [-0.3, -0.25) is 41.0 Å². The molecule has 0 radical (unpaired) electrons. The molecule has 0 atom stereocenters. The van der Waals surface area contributed by atoms with Gasteiger partial charge in [0.05, 0.1) is 15.5 Å². The number of nitrogens with zero attached hydrogens (tertiary/aromatic N) is 6. The van der Waals surface area contributed by atoms with E-state index in [4.69, 9.17) is 0 Å². The van der Waals surface area contributed by atoms with Crippen LogP contribution in [0, 0.1) is 20.2 Å². The first-order valence-electron chi connectivity index (χ1n) is 13.5. The molecule has 0 bridgehead atoms. The minimum absolute atomic E-state index is 0.115. The molecule has 242 valence electrons. The van der Waals surface area contributed by atoms with Crippen LogP contribution < -0.4 is 31.9 Å². The van der Waals surface area contributed by atoms with Crippen molar-refractivity contribution < 1.29 is 24.2 Å². The molecule has 6 N–H and O–H groups in total. The molecule has 48 heavy (non-hydrogen) atoms. The van der Waals surface area contributed by atoms with Crippen molar-refractivity contribution in [3.05, 3.63) is 98.4 Å². The number of hydrogen-bond donors (Lipinski definition) is 6. The van der Waals surface area contributed by atoms with Crippen LogP contribution in [0.25, 0.3) is 11.3 Å². The lowest BCUT2D eigenvalue weighted by molar-refractivity contribution is -0.385. The van der Waals surface area contributed by atoms with E-state index in [9.17, 15) is 34.6 Å². The maximum absolute atomic E-state index is 12.7. The van der Waals surface area contributed by atoms with Crippen LogP contribution in [0.3, 0.4) is 0 Å². The lowest BCUT2D eigenvalue weighted by Gasteiger charge is -2.11. The number of nitro groups is 2. The van der Waals surface area contributed by atoms with Crippen molar-refractivity contribution in [3.63, 3.8) is 0 Å². The number of hydrogen-bond acceptors (Lipinski definition) is 13. The Morgan fingerprint density at radius 3 is 1.67 bits per heavy atom. The van der Waals surface area contributed by atoms with Gasteiger partial charge in [-0.05, 0) is 24.3 Å². The van der Waals surface area contributed by atoms with Gasteiger partial charge >= 0.3 is 12.1 Å². The maximum atomic E-state index is 12.7. The van der Waals surface area contributed by atoms with Crippen LogP contribution in [0.2, 0.25) is 0 Å². The number of non-ortho nitro benzene ring substituents is 2. The lowest BCUT2D eigenvalue weighted by atomic mass is 10.1. The molecule has 20 heteroatoms. The zero-order valence-electron chi connectivity index (χ0n) is 24.5. The molecule has 0 fully saturated rings. The van der Waals surface area contributed by atoms with Gasteiger partial charge in [-0.1, -0.05) is 24.3 Å². The summed E-state index contributed by atoms with van der Waals surface area (Å²) in [6.45, 7) is 1.41. The molecule has 5 amide bonds. The summed E-state index contributed by atoms with van der Waals surface area (Å²) in [5.41, 5.74) is 1.71.